The number of carboxylic acids is 1. The van der Waals surface area contributed by atoms with E-state index in [0.717, 1.165) is 45.9 Å². The molecule has 0 bridgehead atoms. The van der Waals surface area contributed by atoms with Gasteiger partial charge in [-0.15, -0.1) is 11.3 Å². The van der Waals surface area contributed by atoms with Crippen LogP contribution >= 0.6 is 11.3 Å². The Morgan fingerprint density at radius 1 is 0.804 bits per heavy atom. The number of unbranched alkanes of at least 4 members (excludes halogenated alkanes) is 6. The predicted octanol–water partition coefficient (Wildman–Crippen LogP) is 9.71. The van der Waals surface area contributed by atoms with Crippen LogP contribution in [0.3, 0.4) is 0 Å². The maximum Gasteiger partial charge on any atom is 0.303 e. The van der Waals surface area contributed by atoms with E-state index in [-0.39, 0.29) is 29.9 Å². The van der Waals surface area contributed by atoms with Crippen molar-refractivity contribution < 1.29 is 24.2 Å². The summed E-state index contributed by atoms with van der Waals surface area (Å²) in [6.45, 7) is 9.75. The van der Waals surface area contributed by atoms with E-state index >= 15 is 0 Å². The van der Waals surface area contributed by atoms with Gasteiger partial charge < -0.3 is 15.2 Å². The van der Waals surface area contributed by atoms with Gasteiger partial charge in [0, 0.05) is 53.7 Å². The zero-order valence-electron chi connectivity index (χ0n) is 30.6. The van der Waals surface area contributed by atoms with Crippen molar-refractivity contribution in [1.82, 2.24) is 15.3 Å². The smallest absolute Gasteiger partial charge is 0.303 e. The van der Waals surface area contributed by atoms with E-state index in [1.165, 1.54) is 37.0 Å². The van der Waals surface area contributed by atoms with E-state index in [9.17, 15) is 14.4 Å². The number of rotatable bonds is 21. The fourth-order valence-corrected chi connectivity index (χ4v) is 6.76. The molecule has 4 rings (SSSR count). The van der Waals surface area contributed by atoms with Gasteiger partial charge in [0.05, 0.1) is 11.5 Å². The molecule has 0 radical (unpaired) electrons. The zero-order chi connectivity index (χ0) is 36.6. The second-order valence-corrected chi connectivity index (χ2v) is 15.3. The van der Waals surface area contributed by atoms with Gasteiger partial charge in [-0.05, 0) is 66.5 Å². The molecular formula is C42H53N3O5S. The zero-order valence-corrected chi connectivity index (χ0v) is 31.4. The molecule has 0 spiro atoms. The molecular weight excluding hydrogens is 659 g/mol. The normalized spacial score (nSPS) is 12.0. The number of ketones is 1. The second-order valence-electron chi connectivity index (χ2n) is 14.2. The Labute approximate surface area is 307 Å². The van der Waals surface area contributed by atoms with Gasteiger partial charge in [0.2, 0.25) is 5.91 Å². The molecule has 0 aliphatic heterocycles. The fraction of sp³-hybridized carbons (Fsp3) is 0.452. The van der Waals surface area contributed by atoms with Crippen molar-refractivity contribution in [2.75, 3.05) is 13.2 Å². The molecule has 2 heterocycles. The molecule has 0 fully saturated rings. The van der Waals surface area contributed by atoms with Crippen LogP contribution in [-0.4, -0.2) is 45.9 Å². The lowest BCUT2D eigenvalue weighted by atomic mass is 9.92. The molecule has 0 aliphatic rings. The summed E-state index contributed by atoms with van der Waals surface area (Å²) >= 11 is 1.49. The largest absolute Gasteiger partial charge is 0.494 e. The standard InChI is InChI=1S/C42H53N3O5S/c1-5-6-7-8-12-25-50-35-20-18-31(19-21-35)34-28-44-40(45-29-34)32-16-14-30(15-17-32)26-33(41(49)43-24-11-9-10-13-39(47)48)27-36(46)37-22-23-38(51-37)42(2,3)4/h14-23,28-29,33H,5-13,24-27H2,1-4H3,(H,43,49)(H,47,48). The average molecular weight is 712 g/mol. The van der Waals surface area contributed by atoms with Gasteiger partial charge in [0.25, 0.3) is 0 Å². The average Bonchev–Trinajstić information content (AvgIpc) is 3.63. The summed E-state index contributed by atoms with van der Waals surface area (Å²) < 4.78 is 5.90. The van der Waals surface area contributed by atoms with Crippen molar-refractivity contribution in [1.29, 1.82) is 0 Å². The van der Waals surface area contributed by atoms with Crippen molar-refractivity contribution in [2.45, 2.75) is 104 Å². The van der Waals surface area contributed by atoms with Crippen LogP contribution in [0.2, 0.25) is 0 Å². The minimum Gasteiger partial charge on any atom is -0.494 e. The summed E-state index contributed by atoms with van der Waals surface area (Å²) in [5, 5.41) is 11.9. The van der Waals surface area contributed by atoms with Crippen LogP contribution in [0.25, 0.3) is 22.5 Å². The van der Waals surface area contributed by atoms with Crippen LogP contribution in [0.15, 0.2) is 73.1 Å². The number of hydrogen-bond donors (Lipinski definition) is 2. The number of ether oxygens (including phenoxy) is 1. The van der Waals surface area contributed by atoms with Crippen LogP contribution < -0.4 is 10.1 Å². The number of amides is 1. The van der Waals surface area contributed by atoms with Crippen molar-refractivity contribution in [3.8, 4) is 28.3 Å². The van der Waals surface area contributed by atoms with Gasteiger partial charge in [-0.2, -0.15) is 0 Å². The molecule has 1 unspecified atom stereocenters. The SMILES string of the molecule is CCCCCCCOc1ccc(-c2cnc(-c3ccc(CC(CC(=O)c4ccc(C(C)(C)C)s4)C(=O)NCCCCCC(=O)O)cc3)nc2)cc1. The van der Waals surface area contributed by atoms with Crippen LogP contribution in [0.1, 0.15) is 112 Å². The maximum atomic E-state index is 13.4. The van der Waals surface area contributed by atoms with Crippen LogP contribution in [0.5, 0.6) is 5.75 Å². The third-order valence-electron chi connectivity index (χ3n) is 8.84. The molecule has 0 saturated heterocycles. The lowest BCUT2D eigenvalue weighted by molar-refractivity contribution is -0.137. The number of benzene rings is 2. The number of hydrogen-bond acceptors (Lipinski definition) is 7. The first-order valence-electron chi connectivity index (χ1n) is 18.3. The molecule has 0 saturated carbocycles. The number of carbonyl (C=O) groups is 3. The molecule has 1 atom stereocenters. The number of aliphatic carboxylic acids is 1. The summed E-state index contributed by atoms with van der Waals surface area (Å²) in [6.07, 6.45) is 12.3. The Morgan fingerprint density at radius 3 is 2.12 bits per heavy atom. The van der Waals surface area contributed by atoms with E-state index in [4.69, 9.17) is 9.84 Å². The predicted molar refractivity (Wildman–Crippen MR) is 205 cm³/mol. The number of carbonyl (C=O) groups excluding carboxylic acids is 2. The number of aromatic nitrogens is 2. The Morgan fingerprint density at radius 2 is 1.47 bits per heavy atom. The third-order valence-corrected chi connectivity index (χ3v) is 10.4. The lowest BCUT2D eigenvalue weighted by Gasteiger charge is -2.17. The molecule has 8 nitrogen and oxygen atoms in total. The summed E-state index contributed by atoms with van der Waals surface area (Å²) in [6, 6.07) is 19.7. The summed E-state index contributed by atoms with van der Waals surface area (Å²) in [4.78, 5) is 48.6. The Kier molecular flexibility index (Phi) is 15.4. The number of Topliss-reactive ketones (excluding diaryl/α,β-unsaturated/α-hetero) is 1. The van der Waals surface area contributed by atoms with Crippen LogP contribution in [-0.2, 0) is 21.4 Å². The molecule has 4 aromatic rings. The topological polar surface area (TPSA) is 118 Å². The van der Waals surface area contributed by atoms with Crippen molar-refractivity contribution in [2.24, 2.45) is 5.92 Å². The molecule has 2 aromatic carbocycles. The number of carboxylic acid groups (broad SMARTS) is 1. The Balaban J connectivity index is 1.37. The third kappa shape index (κ3) is 13.0. The maximum absolute atomic E-state index is 13.4. The molecule has 0 aliphatic carbocycles. The van der Waals surface area contributed by atoms with E-state index < -0.39 is 11.9 Å². The second kappa shape index (κ2) is 19.9. The highest BCUT2D eigenvalue weighted by molar-refractivity contribution is 7.14. The van der Waals surface area contributed by atoms with Gasteiger partial charge >= 0.3 is 5.97 Å². The Hall–Kier alpha value is -4.37. The first-order chi connectivity index (χ1) is 24.5. The van der Waals surface area contributed by atoms with Gasteiger partial charge in [-0.1, -0.05) is 96.2 Å². The summed E-state index contributed by atoms with van der Waals surface area (Å²) in [5.41, 5.74) is 3.68. The highest BCUT2D eigenvalue weighted by Crippen LogP contribution is 2.31. The van der Waals surface area contributed by atoms with Gasteiger partial charge in [0.15, 0.2) is 11.6 Å². The van der Waals surface area contributed by atoms with Crippen LogP contribution in [0, 0.1) is 5.92 Å². The number of nitrogens with one attached hydrogen (secondary N) is 1. The summed E-state index contributed by atoms with van der Waals surface area (Å²) in [7, 11) is 0. The highest BCUT2D eigenvalue weighted by Gasteiger charge is 2.25. The van der Waals surface area contributed by atoms with E-state index in [1.54, 1.807) is 0 Å². The first-order valence-corrected chi connectivity index (χ1v) is 19.1. The highest BCUT2D eigenvalue weighted by atomic mass is 32.1. The first kappa shape index (κ1) is 39.4. The molecule has 1 amide bonds. The molecule has 51 heavy (non-hydrogen) atoms. The van der Waals surface area contributed by atoms with Crippen molar-refractivity contribution in [3.63, 3.8) is 0 Å². The Bertz CT molecular complexity index is 1680. The van der Waals surface area contributed by atoms with Crippen molar-refractivity contribution >= 4 is 29.0 Å². The van der Waals surface area contributed by atoms with E-state index in [2.05, 4.69) is 43.0 Å². The minimum atomic E-state index is -0.814. The van der Waals surface area contributed by atoms with Gasteiger partial charge in [-0.3, -0.25) is 14.4 Å². The molecule has 272 valence electrons. The number of nitrogens with zero attached hydrogens (tertiary/aromatic N) is 2. The fourth-order valence-electron chi connectivity index (χ4n) is 5.75. The van der Waals surface area contributed by atoms with Crippen molar-refractivity contribution in [3.05, 3.63) is 88.4 Å². The quantitative estimate of drug-likeness (QED) is 0.0653. The summed E-state index contributed by atoms with van der Waals surface area (Å²) in [5.74, 6) is -0.0917. The van der Waals surface area contributed by atoms with E-state index in [1.807, 2.05) is 73.1 Å². The van der Waals surface area contributed by atoms with Gasteiger partial charge in [-0.25, -0.2) is 9.97 Å². The minimum absolute atomic E-state index is 0.0396. The number of thiophene rings is 1. The molecule has 9 heteroatoms. The molecule has 2 aromatic heterocycles. The lowest BCUT2D eigenvalue weighted by Crippen LogP contribution is -2.34. The monoisotopic (exact) mass is 711 g/mol. The van der Waals surface area contributed by atoms with Crippen LogP contribution in [0.4, 0.5) is 0 Å². The van der Waals surface area contributed by atoms with Gasteiger partial charge in [0.1, 0.15) is 5.75 Å². The van der Waals surface area contributed by atoms with E-state index in [0.29, 0.717) is 42.9 Å². The molecule has 2 N–H and O–H groups in total.